The first-order valence-electron chi connectivity index (χ1n) is 28.9. The Balaban J connectivity index is 1.29. The topological polar surface area (TPSA) is 64.6 Å². The summed E-state index contributed by atoms with van der Waals surface area (Å²) in [6.07, 6.45) is 13.7. The average molecular weight is 1200 g/mol. The van der Waals surface area contributed by atoms with Crippen LogP contribution in [0.15, 0.2) is 73.3 Å². The number of hydrogen-bond acceptors (Lipinski definition) is 13. The van der Waals surface area contributed by atoms with Gasteiger partial charge in [-0.05, 0) is 160 Å². The number of benzene rings is 2. The van der Waals surface area contributed by atoms with Crippen molar-refractivity contribution in [3.63, 3.8) is 0 Å². The van der Waals surface area contributed by atoms with E-state index in [1.165, 1.54) is 53.4 Å². The molecular weight excluding hydrogens is 1090 g/mol. The van der Waals surface area contributed by atoms with Gasteiger partial charge in [0.1, 0.15) is 6.79 Å². The molecule has 4 saturated heterocycles. The molecule has 7 atom stereocenters. The van der Waals surface area contributed by atoms with Gasteiger partial charge >= 0.3 is 0 Å². The minimum absolute atomic E-state index is 0.0284. The number of methoxy groups -OCH3 is 1. The molecule has 76 heavy (non-hydrogen) atoms. The fourth-order valence-electron chi connectivity index (χ4n) is 11.1. The second-order valence-corrected chi connectivity index (χ2v) is 44.3. The maximum absolute atomic E-state index is 7.79. The van der Waals surface area contributed by atoms with Crippen LogP contribution in [-0.2, 0) is 43.2 Å². The van der Waals surface area contributed by atoms with Gasteiger partial charge in [0.05, 0.1) is 49.9 Å². The number of ether oxygens (including phenoxy) is 5. The van der Waals surface area contributed by atoms with Gasteiger partial charge in [-0.25, -0.2) is 0 Å². The Morgan fingerprint density at radius 1 is 0.711 bits per heavy atom. The van der Waals surface area contributed by atoms with E-state index in [-0.39, 0.29) is 58.8 Å². The summed E-state index contributed by atoms with van der Waals surface area (Å²) in [6.45, 7) is 36.6. The van der Waals surface area contributed by atoms with E-state index in [0.717, 1.165) is 62.9 Å². The second-order valence-electron chi connectivity index (χ2n) is 25.4. The van der Waals surface area contributed by atoms with Gasteiger partial charge in [0.25, 0.3) is 0 Å². The third kappa shape index (κ3) is 18.2. The van der Waals surface area contributed by atoms with Crippen LogP contribution in [0.3, 0.4) is 0 Å². The minimum atomic E-state index is -2.29. The van der Waals surface area contributed by atoms with E-state index in [9.17, 15) is 0 Å². The van der Waals surface area contributed by atoms with E-state index in [2.05, 4.69) is 226 Å². The lowest BCUT2D eigenvalue weighted by Crippen LogP contribution is -2.54. The highest BCUT2D eigenvalue weighted by Crippen LogP contribution is 2.60. The average Bonchev–Trinajstić information content (AvgIpc) is 3.36. The largest absolute Gasteiger partial charge is 0.414 e. The molecule has 0 unspecified atom stereocenters. The molecule has 0 radical (unpaired) electrons. The molecule has 0 bridgehead atoms. The summed E-state index contributed by atoms with van der Waals surface area (Å²) >= 11 is 13.1. The van der Waals surface area contributed by atoms with Crippen LogP contribution < -0.4 is 0 Å². The highest BCUT2D eigenvalue weighted by atomic mass is 32.2. The van der Waals surface area contributed by atoms with Crippen LogP contribution in [0.5, 0.6) is 0 Å². The predicted octanol–water partition coefficient (Wildman–Crippen LogP) is 17.9. The molecule has 0 N–H and O–H groups in total. The fourth-order valence-corrected chi connectivity index (χ4v) is 24.7. The van der Waals surface area contributed by atoms with Gasteiger partial charge in [0, 0.05) is 31.5 Å². The summed E-state index contributed by atoms with van der Waals surface area (Å²) in [6, 6.07) is 21.8. The molecule has 0 spiro atoms. The lowest BCUT2D eigenvalue weighted by molar-refractivity contribution is -0.314. The summed E-state index contributed by atoms with van der Waals surface area (Å²) in [5, 5.41) is 0.115. The van der Waals surface area contributed by atoms with E-state index in [1.807, 2.05) is 6.07 Å². The Morgan fingerprint density at radius 2 is 1.25 bits per heavy atom. The number of hydrogen-bond donors (Lipinski definition) is 0. The maximum atomic E-state index is 7.79. The second kappa shape index (κ2) is 29.3. The molecule has 0 aliphatic carbocycles. The Bertz CT molecular complexity index is 2000. The quantitative estimate of drug-likeness (QED) is 0.0462. The monoisotopic (exact) mass is 1190 g/mol. The lowest BCUT2D eigenvalue weighted by atomic mass is 9.86. The molecule has 0 amide bonds. The van der Waals surface area contributed by atoms with E-state index in [4.69, 9.17) is 32.5 Å². The molecule has 2 aromatic rings. The van der Waals surface area contributed by atoms with Crippen molar-refractivity contribution in [2.24, 2.45) is 11.8 Å². The van der Waals surface area contributed by atoms with E-state index in [1.54, 1.807) is 7.11 Å². The third-order valence-electron chi connectivity index (χ3n) is 17.0. The van der Waals surface area contributed by atoms with Crippen molar-refractivity contribution in [2.75, 3.05) is 55.0 Å². The van der Waals surface area contributed by atoms with Crippen LogP contribution >= 0.6 is 70.6 Å². The van der Waals surface area contributed by atoms with E-state index < -0.39 is 22.4 Å². The summed E-state index contributed by atoms with van der Waals surface area (Å²) in [5.41, 5.74) is 2.60. The molecule has 0 saturated carbocycles. The molecule has 6 rings (SSSR count). The summed E-state index contributed by atoms with van der Waals surface area (Å²) in [4.78, 5) is 0. The SMILES string of the molecule is C=C[C@@H]([C@@H]1C[C@H](COCc2ccccc2)OC(C)(C)O1)[C@H](CC1(C[C@H](CCCC2(C[C@@H](OCOC)[C@H](CC)C3(c4ccccc4)SCCCS3)SCCCS2)O[Si](C)(C)C(C)(C)C)SCCCS1)O[Si](C)(C)C(C)(C)C. The minimum Gasteiger partial charge on any atom is -0.414 e. The molecule has 4 fully saturated rings. The van der Waals surface area contributed by atoms with Gasteiger partial charge in [0.15, 0.2) is 22.4 Å². The first-order valence-corrected chi connectivity index (χ1v) is 40.6. The zero-order valence-electron chi connectivity index (χ0n) is 49.5. The van der Waals surface area contributed by atoms with Crippen molar-refractivity contribution >= 4 is 87.2 Å². The Hall–Kier alpha value is 0.434. The van der Waals surface area contributed by atoms with Gasteiger partial charge in [-0.3, -0.25) is 0 Å². The zero-order valence-corrected chi connectivity index (χ0v) is 56.4. The Kier molecular flexibility index (Phi) is 25.3. The van der Waals surface area contributed by atoms with Gasteiger partial charge in [-0.1, -0.05) is 115 Å². The first kappa shape index (κ1) is 65.6. The normalized spacial score (nSPS) is 24.2. The number of thioether (sulfide) groups is 6. The van der Waals surface area contributed by atoms with Crippen LogP contribution in [0.4, 0.5) is 0 Å². The van der Waals surface area contributed by atoms with Crippen LogP contribution in [0, 0.1) is 11.8 Å². The van der Waals surface area contributed by atoms with Crippen molar-refractivity contribution in [1.82, 2.24) is 0 Å². The van der Waals surface area contributed by atoms with E-state index in [0.29, 0.717) is 25.9 Å². The fraction of sp³-hybridized carbons (Fsp3) is 0.770. The van der Waals surface area contributed by atoms with Gasteiger partial charge in [-0.2, -0.15) is 0 Å². The highest BCUT2D eigenvalue weighted by molar-refractivity contribution is 8.19. The van der Waals surface area contributed by atoms with E-state index >= 15 is 0 Å². The van der Waals surface area contributed by atoms with Crippen molar-refractivity contribution in [1.29, 1.82) is 0 Å². The van der Waals surface area contributed by atoms with Crippen molar-refractivity contribution in [3.8, 4) is 0 Å². The molecule has 4 heterocycles. The molecular formula is C61H102O7S6Si2. The van der Waals surface area contributed by atoms with Crippen LogP contribution in [-0.4, -0.2) is 116 Å². The molecule has 7 nitrogen and oxygen atoms in total. The summed E-state index contributed by atoms with van der Waals surface area (Å²) < 4.78 is 48.2. The van der Waals surface area contributed by atoms with Crippen molar-refractivity contribution in [3.05, 3.63) is 84.4 Å². The van der Waals surface area contributed by atoms with Crippen LogP contribution in [0.1, 0.15) is 144 Å². The standard InChI is InChI=1S/C61H102O7S6Si2/c1-16-51(53-40-50(65-58(9,10)66-53)45-63-44-47-28-20-18-21-29-47)54(68-76(14,15)57(6,7)8)42-60(71-36-26-37-72-60)41-49(67-75(12,13)56(3,4)5)32-24-33-59(69-34-25-35-70-59)43-55(64-46-62-11)52(17-2)61(73-38-27-39-74-61)48-30-22-19-23-31-48/h16,18-23,28-31,49-55H,1,17,24-27,32-46H2,2-15H3/t49-,50+,51-,52-,53-,54-,55+/m0/s1. The summed E-state index contributed by atoms with van der Waals surface area (Å²) in [5.74, 6) is 6.57. The highest BCUT2D eigenvalue weighted by Gasteiger charge is 2.52. The first-order chi connectivity index (χ1) is 35.9. The van der Waals surface area contributed by atoms with Gasteiger partial charge in [-0.15, -0.1) is 77.2 Å². The predicted molar refractivity (Wildman–Crippen MR) is 343 cm³/mol. The van der Waals surface area contributed by atoms with Gasteiger partial charge in [0.2, 0.25) is 0 Å². The smallest absolute Gasteiger partial charge is 0.192 e. The Morgan fingerprint density at radius 3 is 1.80 bits per heavy atom. The van der Waals surface area contributed by atoms with Crippen molar-refractivity contribution < 1.29 is 32.5 Å². The Labute approximate surface area is 491 Å². The number of rotatable bonds is 28. The molecule has 4 aliphatic rings. The molecule has 0 aromatic heterocycles. The van der Waals surface area contributed by atoms with Gasteiger partial charge < -0.3 is 32.5 Å². The van der Waals surface area contributed by atoms with Crippen LogP contribution in [0.2, 0.25) is 36.3 Å². The van der Waals surface area contributed by atoms with Crippen molar-refractivity contribution in [2.45, 2.75) is 224 Å². The molecule has 2 aromatic carbocycles. The lowest BCUT2D eigenvalue weighted by Gasteiger charge is -2.50. The zero-order chi connectivity index (χ0) is 55.3. The maximum Gasteiger partial charge on any atom is 0.192 e. The summed E-state index contributed by atoms with van der Waals surface area (Å²) in [7, 11) is -2.69. The van der Waals surface area contributed by atoms with Crippen LogP contribution in [0.25, 0.3) is 0 Å². The third-order valence-corrected chi connectivity index (χ3v) is 36.6. The molecule has 432 valence electrons. The molecule has 15 heteroatoms. The molecule has 4 aliphatic heterocycles.